The fourth-order valence-electron chi connectivity index (χ4n) is 5.71. The van der Waals surface area contributed by atoms with Crippen LogP contribution in [0.15, 0.2) is 24.3 Å². The summed E-state index contributed by atoms with van der Waals surface area (Å²) in [7, 11) is 4.43. The van der Waals surface area contributed by atoms with Crippen molar-refractivity contribution >= 4 is 0 Å². The summed E-state index contributed by atoms with van der Waals surface area (Å²) in [5.74, 6) is 0. The zero-order valence-electron chi connectivity index (χ0n) is 27.0. The van der Waals surface area contributed by atoms with Crippen LogP contribution >= 0.6 is 0 Å². The normalized spacial score (nSPS) is 20.2. The summed E-state index contributed by atoms with van der Waals surface area (Å²) >= 11 is 0. The summed E-state index contributed by atoms with van der Waals surface area (Å²) < 4.78 is 12.7. The zero-order chi connectivity index (χ0) is 28.2. The largest absolute Gasteiger partial charge is 0.378 e. The standard InChI is InChI=1S/C36H69NO2/c1-5-7-9-11-13-15-16-17-18-19-20-21-22-24-26-28-30-39-36-32-34(37(3)4)31-35(33-36)38-29-27-25-23-14-12-10-8-6-2/h13,15,17-18,34-36H,5-12,14,16,19-33H2,1-4H3/b15-13-,18-17-/t34?,35-,36+/m0/s1. The summed E-state index contributed by atoms with van der Waals surface area (Å²) in [6.45, 7) is 6.41. The molecule has 3 heteroatoms. The Hall–Kier alpha value is -0.640. The molecule has 1 saturated carbocycles. The summed E-state index contributed by atoms with van der Waals surface area (Å²) in [5, 5.41) is 0. The molecule has 3 atom stereocenters. The highest BCUT2D eigenvalue weighted by Crippen LogP contribution is 2.27. The van der Waals surface area contributed by atoms with E-state index in [4.69, 9.17) is 9.47 Å². The maximum Gasteiger partial charge on any atom is 0.0614 e. The molecule has 0 aliphatic heterocycles. The monoisotopic (exact) mass is 548 g/mol. The van der Waals surface area contributed by atoms with Gasteiger partial charge < -0.3 is 14.4 Å². The van der Waals surface area contributed by atoms with E-state index in [1.54, 1.807) is 0 Å². The first-order valence-corrected chi connectivity index (χ1v) is 17.4. The third kappa shape index (κ3) is 22.7. The quantitative estimate of drug-likeness (QED) is 0.0754. The molecule has 1 fully saturated rings. The van der Waals surface area contributed by atoms with Gasteiger partial charge in [-0.25, -0.2) is 0 Å². The maximum absolute atomic E-state index is 6.38. The van der Waals surface area contributed by atoms with Crippen molar-refractivity contribution in [2.24, 2.45) is 0 Å². The molecule has 230 valence electrons. The lowest BCUT2D eigenvalue weighted by Gasteiger charge is -2.38. The number of rotatable bonds is 27. The van der Waals surface area contributed by atoms with Crippen LogP contribution < -0.4 is 0 Å². The van der Waals surface area contributed by atoms with Gasteiger partial charge in [-0.05, 0) is 78.3 Å². The molecule has 0 aromatic carbocycles. The lowest BCUT2D eigenvalue weighted by molar-refractivity contribution is -0.0667. The van der Waals surface area contributed by atoms with Crippen LogP contribution in [0.5, 0.6) is 0 Å². The number of ether oxygens (including phenoxy) is 2. The molecule has 3 nitrogen and oxygen atoms in total. The molecule has 0 saturated heterocycles. The summed E-state index contributed by atoms with van der Waals surface area (Å²) in [6.07, 6.45) is 40.0. The molecule has 1 aliphatic carbocycles. The Balaban J connectivity index is 2.02. The summed E-state index contributed by atoms with van der Waals surface area (Å²) in [6, 6.07) is 0.586. The Bertz CT molecular complexity index is 558. The van der Waals surface area contributed by atoms with E-state index < -0.39 is 0 Å². The molecule has 0 aromatic rings. The number of hydrogen-bond acceptors (Lipinski definition) is 3. The van der Waals surface area contributed by atoms with E-state index in [1.165, 1.54) is 122 Å². The van der Waals surface area contributed by atoms with Crippen LogP contribution in [0, 0.1) is 0 Å². The summed E-state index contributed by atoms with van der Waals surface area (Å²) in [4.78, 5) is 2.38. The Morgan fingerprint density at radius 3 is 1.41 bits per heavy atom. The highest BCUT2D eigenvalue weighted by atomic mass is 16.5. The van der Waals surface area contributed by atoms with Crippen molar-refractivity contribution in [3.63, 3.8) is 0 Å². The van der Waals surface area contributed by atoms with Crippen molar-refractivity contribution in [2.45, 2.75) is 180 Å². The van der Waals surface area contributed by atoms with Gasteiger partial charge in [0.15, 0.2) is 0 Å². The van der Waals surface area contributed by atoms with Crippen LogP contribution in [0.2, 0.25) is 0 Å². The van der Waals surface area contributed by atoms with Gasteiger partial charge in [-0.1, -0.05) is 122 Å². The SMILES string of the molecule is CCCCC/C=C\C/C=C\CCCCCCCCO[C@@H]1CC(N(C)C)C[C@H](OCCCCCCCCCC)C1. The van der Waals surface area contributed by atoms with Crippen LogP contribution in [0.4, 0.5) is 0 Å². The van der Waals surface area contributed by atoms with Crippen molar-refractivity contribution in [1.29, 1.82) is 0 Å². The van der Waals surface area contributed by atoms with Gasteiger partial charge in [-0.15, -0.1) is 0 Å². The average Bonchev–Trinajstić information content (AvgIpc) is 2.93. The van der Waals surface area contributed by atoms with Crippen LogP contribution in [-0.4, -0.2) is 50.5 Å². The van der Waals surface area contributed by atoms with Gasteiger partial charge >= 0.3 is 0 Å². The van der Waals surface area contributed by atoms with Crippen LogP contribution in [0.3, 0.4) is 0 Å². The van der Waals surface area contributed by atoms with Crippen molar-refractivity contribution in [3.05, 3.63) is 24.3 Å². The molecule has 0 N–H and O–H groups in total. The zero-order valence-corrected chi connectivity index (χ0v) is 27.0. The van der Waals surface area contributed by atoms with E-state index in [2.05, 4.69) is 57.1 Å². The molecule has 0 spiro atoms. The molecule has 0 radical (unpaired) electrons. The molecule has 0 bridgehead atoms. The van der Waals surface area contributed by atoms with Crippen molar-refractivity contribution in [3.8, 4) is 0 Å². The van der Waals surface area contributed by atoms with Crippen molar-refractivity contribution < 1.29 is 9.47 Å². The van der Waals surface area contributed by atoms with Gasteiger partial charge in [0.2, 0.25) is 0 Å². The molecule has 0 heterocycles. The fourth-order valence-corrected chi connectivity index (χ4v) is 5.71. The lowest BCUT2D eigenvalue weighted by atomic mass is 9.89. The molecule has 1 rings (SSSR count). The predicted octanol–water partition coefficient (Wildman–Crippen LogP) is 10.8. The maximum atomic E-state index is 6.38. The number of allylic oxidation sites excluding steroid dienone is 4. The van der Waals surface area contributed by atoms with Crippen LogP contribution in [0.25, 0.3) is 0 Å². The second-order valence-corrected chi connectivity index (χ2v) is 12.4. The second-order valence-electron chi connectivity index (χ2n) is 12.4. The number of unbranched alkanes of at least 4 members (excludes halogenated alkanes) is 16. The average molecular weight is 548 g/mol. The van der Waals surface area contributed by atoms with Gasteiger partial charge in [0.05, 0.1) is 12.2 Å². The molecule has 1 aliphatic rings. The predicted molar refractivity (Wildman–Crippen MR) is 173 cm³/mol. The van der Waals surface area contributed by atoms with Gasteiger partial charge in [-0.2, -0.15) is 0 Å². The third-order valence-corrected chi connectivity index (χ3v) is 8.38. The highest BCUT2D eigenvalue weighted by Gasteiger charge is 2.31. The topological polar surface area (TPSA) is 21.7 Å². The van der Waals surface area contributed by atoms with Crippen molar-refractivity contribution in [2.75, 3.05) is 27.3 Å². The minimum Gasteiger partial charge on any atom is -0.378 e. The van der Waals surface area contributed by atoms with Crippen molar-refractivity contribution in [1.82, 2.24) is 4.90 Å². The smallest absolute Gasteiger partial charge is 0.0614 e. The Morgan fingerprint density at radius 2 is 0.923 bits per heavy atom. The molecule has 0 amide bonds. The Morgan fingerprint density at radius 1 is 0.513 bits per heavy atom. The minimum atomic E-state index is 0.368. The fraction of sp³-hybridized carbons (Fsp3) is 0.889. The van der Waals surface area contributed by atoms with E-state index in [1.807, 2.05) is 0 Å². The number of nitrogens with zero attached hydrogens (tertiary/aromatic N) is 1. The Kier molecular flexibility index (Phi) is 25.7. The highest BCUT2D eigenvalue weighted by molar-refractivity contribution is 4.92. The first-order chi connectivity index (χ1) is 19.2. The molecule has 0 aromatic heterocycles. The second kappa shape index (κ2) is 27.5. The summed E-state index contributed by atoms with van der Waals surface area (Å²) in [5.41, 5.74) is 0. The molecule has 1 unspecified atom stereocenters. The van der Waals surface area contributed by atoms with Gasteiger partial charge in [-0.3, -0.25) is 0 Å². The third-order valence-electron chi connectivity index (χ3n) is 8.38. The lowest BCUT2D eigenvalue weighted by Crippen LogP contribution is -2.42. The van der Waals surface area contributed by atoms with E-state index >= 15 is 0 Å². The van der Waals surface area contributed by atoms with E-state index in [9.17, 15) is 0 Å². The first-order valence-electron chi connectivity index (χ1n) is 17.4. The van der Waals surface area contributed by atoms with Crippen LogP contribution in [0.1, 0.15) is 162 Å². The van der Waals surface area contributed by atoms with E-state index in [0.717, 1.165) is 38.9 Å². The van der Waals surface area contributed by atoms with Crippen LogP contribution in [-0.2, 0) is 9.47 Å². The van der Waals surface area contributed by atoms with Gasteiger partial charge in [0, 0.05) is 19.3 Å². The van der Waals surface area contributed by atoms with E-state index in [-0.39, 0.29) is 0 Å². The first kappa shape index (κ1) is 36.4. The minimum absolute atomic E-state index is 0.368. The molecular weight excluding hydrogens is 478 g/mol. The molecular formula is C36H69NO2. The van der Waals surface area contributed by atoms with Gasteiger partial charge in [0.1, 0.15) is 0 Å². The Labute approximate surface area is 245 Å². The van der Waals surface area contributed by atoms with Gasteiger partial charge in [0.25, 0.3) is 0 Å². The molecule has 39 heavy (non-hydrogen) atoms. The number of hydrogen-bond donors (Lipinski definition) is 0. The van der Waals surface area contributed by atoms with E-state index in [0.29, 0.717) is 18.2 Å².